The Balaban J connectivity index is 2.02. The Labute approximate surface area is 118 Å². The average molecular weight is 280 g/mol. The van der Waals surface area contributed by atoms with Crippen LogP contribution in [-0.2, 0) is 4.74 Å². The Morgan fingerprint density at radius 1 is 1.55 bits per heavy atom. The van der Waals surface area contributed by atoms with Gasteiger partial charge in [0.1, 0.15) is 5.82 Å². The molecule has 1 aromatic rings. The third-order valence-corrected chi connectivity index (χ3v) is 3.58. The van der Waals surface area contributed by atoms with Crippen molar-refractivity contribution in [3.8, 4) is 0 Å². The Morgan fingerprint density at radius 2 is 2.35 bits per heavy atom. The molecule has 2 rings (SSSR count). The van der Waals surface area contributed by atoms with Crippen molar-refractivity contribution >= 4 is 11.6 Å². The lowest BCUT2D eigenvalue weighted by atomic mass is 9.99. The highest BCUT2D eigenvalue weighted by Crippen LogP contribution is 2.22. The first kappa shape index (κ1) is 14.8. The summed E-state index contributed by atoms with van der Waals surface area (Å²) >= 11 is 0. The number of nitrogens with one attached hydrogen (secondary N) is 1. The molecular formula is C15H21FN2O2. The monoisotopic (exact) mass is 280 g/mol. The Bertz CT molecular complexity index is 477. The molecule has 1 aliphatic rings. The second-order valence-electron chi connectivity index (χ2n) is 5.21. The number of carbonyl (C=O) groups excluding carboxylic acids is 1. The second kappa shape index (κ2) is 6.70. The number of hydrogen-bond donors (Lipinski definition) is 2. The Kier molecular flexibility index (Phi) is 4.95. The van der Waals surface area contributed by atoms with Crippen molar-refractivity contribution in [3.05, 3.63) is 29.6 Å². The van der Waals surface area contributed by atoms with Crippen molar-refractivity contribution in [2.75, 3.05) is 11.9 Å². The van der Waals surface area contributed by atoms with Gasteiger partial charge in [-0.1, -0.05) is 13.3 Å². The van der Waals surface area contributed by atoms with Crippen molar-refractivity contribution in [2.45, 2.75) is 44.8 Å². The lowest BCUT2D eigenvalue weighted by Gasteiger charge is -2.30. The van der Waals surface area contributed by atoms with E-state index in [-0.39, 0.29) is 17.7 Å². The van der Waals surface area contributed by atoms with Gasteiger partial charge in [0.25, 0.3) is 5.91 Å². The highest BCUT2D eigenvalue weighted by Gasteiger charge is 2.22. The largest absolute Gasteiger partial charge is 0.382 e. The number of benzene rings is 1. The van der Waals surface area contributed by atoms with Crippen molar-refractivity contribution in [1.82, 2.24) is 0 Å². The molecule has 1 aromatic carbocycles. The van der Waals surface area contributed by atoms with Crippen LogP contribution in [0.5, 0.6) is 0 Å². The molecule has 1 amide bonds. The van der Waals surface area contributed by atoms with Crippen LogP contribution in [0.15, 0.2) is 18.2 Å². The van der Waals surface area contributed by atoms with Gasteiger partial charge in [0.2, 0.25) is 0 Å². The van der Waals surface area contributed by atoms with E-state index in [0.29, 0.717) is 0 Å². The topological polar surface area (TPSA) is 64.3 Å². The first-order valence-electron chi connectivity index (χ1n) is 7.07. The highest BCUT2D eigenvalue weighted by atomic mass is 19.1. The zero-order valence-corrected chi connectivity index (χ0v) is 11.7. The molecule has 1 fully saturated rings. The molecular weight excluding hydrogens is 259 g/mol. The van der Waals surface area contributed by atoms with E-state index in [1.54, 1.807) is 6.07 Å². The zero-order valence-electron chi connectivity index (χ0n) is 11.7. The fraction of sp³-hybridized carbons (Fsp3) is 0.533. The summed E-state index contributed by atoms with van der Waals surface area (Å²) in [7, 11) is 0. The molecule has 2 atom stereocenters. The van der Waals surface area contributed by atoms with Crippen LogP contribution in [0.1, 0.15) is 43.0 Å². The summed E-state index contributed by atoms with van der Waals surface area (Å²) in [5.41, 5.74) is 5.80. The molecule has 0 radical (unpaired) electrons. The van der Waals surface area contributed by atoms with Crippen molar-refractivity contribution < 1.29 is 13.9 Å². The highest BCUT2D eigenvalue weighted by molar-refractivity contribution is 5.94. The van der Waals surface area contributed by atoms with E-state index >= 15 is 0 Å². The molecule has 0 saturated carbocycles. The quantitative estimate of drug-likeness (QED) is 0.871. The molecule has 0 bridgehead atoms. The lowest BCUT2D eigenvalue weighted by molar-refractivity contribution is 0.00597. The van der Waals surface area contributed by atoms with Crippen LogP contribution in [0.3, 0.4) is 0 Å². The average Bonchev–Trinajstić information content (AvgIpc) is 2.41. The van der Waals surface area contributed by atoms with Gasteiger partial charge in [-0.05, 0) is 37.5 Å². The van der Waals surface area contributed by atoms with Crippen LogP contribution >= 0.6 is 0 Å². The molecule has 1 heterocycles. The van der Waals surface area contributed by atoms with Crippen LogP contribution in [-0.4, -0.2) is 24.7 Å². The fourth-order valence-corrected chi connectivity index (χ4v) is 2.57. The Hall–Kier alpha value is -1.62. The van der Waals surface area contributed by atoms with Gasteiger partial charge in [0.15, 0.2) is 0 Å². The standard InChI is InChI=1S/C15H21FN2O2/c1-2-3-12-8-11(6-7-20-12)18-10-4-5-14(16)13(9-10)15(17)19/h4-5,9,11-12,18H,2-3,6-8H2,1H3,(H2,17,19). The number of rotatable bonds is 5. The van der Waals surface area contributed by atoms with Gasteiger partial charge in [0.05, 0.1) is 11.7 Å². The van der Waals surface area contributed by atoms with Crippen LogP contribution in [0.2, 0.25) is 0 Å². The number of anilines is 1. The summed E-state index contributed by atoms with van der Waals surface area (Å²) in [5, 5.41) is 3.34. The minimum atomic E-state index is -0.748. The zero-order chi connectivity index (χ0) is 14.5. The molecule has 3 N–H and O–H groups in total. The van der Waals surface area contributed by atoms with Crippen LogP contribution in [0, 0.1) is 5.82 Å². The van der Waals surface area contributed by atoms with Gasteiger partial charge in [-0.25, -0.2) is 4.39 Å². The number of carbonyl (C=O) groups is 1. The van der Waals surface area contributed by atoms with Crippen molar-refractivity contribution in [3.63, 3.8) is 0 Å². The Morgan fingerprint density at radius 3 is 3.05 bits per heavy atom. The van der Waals surface area contributed by atoms with Gasteiger partial charge in [-0.3, -0.25) is 4.79 Å². The van der Waals surface area contributed by atoms with E-state index in [1.165, 1.54) is 12.1 Å². The maximum Gasteiger partial charge on any atom is 0.251 e. The number of nitrogens with two attached hydrogens (primary N) is 1. The van der Waals surface area contributed by atoms with Crippen molar-refractivity contribution in [1.29, 1.82) is 0 Å². The molecule has 1 saturated heterocycles. The predicted molar refractivity (Wildman–Crippen MR) is 76.2 cm³/mol. The van der Waals surface area contributed by atoms with Gasteiger partial charge in [-0.15, -0.1) is 0 Å². The smallest absolute Gasteiger partial charge is 0.251 e. The SMILES string of the molecule is CCCC1CC(Nc2ccc(F)c(C(N)=O)c2)CCO1. The summed E-state index contributed by atoms with van der Waals surface area (Å²) in [6.45, 7) is 2.87. The molecule has 0 spiro atoms. The third kappa shape index (κ3) is 3.70. The molecule has 20 heavy (non-hydrogen) atoms. The van der Waals surface area contributed by atoms with Crippen molar-refractivity contribution in [2.24, 2.45) is 5.73 Å². The van der Waals surface area contributed by atoms with E-state index < -0.39 is 11.7 Å². The first-order valence-corrected chi connectivity index (χ1v) is 7.07. The molecule has 1 aliphatic heterocycles. The normalized spacial score (nSPS) is 22.5. The van der Waals surface area contributed by atoms with E-state index in [4.69, 9.17) is 10.5 Å². The summed E-state index contributed by atoms with van der Waals surface area (Å²) in [6, 6.07) is 4.66. The number of ether oxygens (including phenoxy) is 1. The molecule has 4 nitrogen and oxygen atoms in total. The summed E-state index contributed by atoms with van der Waals surface area (Å²) in [5.74, 6) is -1.33. The fourth-order valence-electron chi connectivity index (χ4n) is 2.57. The maximum absolute atomic E-state index is 13.4. The molecule has 110 valence electrons. The van der Waals surface area contributed by atoms with Gasteiger partial charge >= 0.3 is 0 Å². The van der Waals surface area contributed by atoms with Crippen LogP contribution in [0.25, 0.3) is 0 Å². The predicted octanol–water partition coefficient (Wildman–Crippen LogP) is 2.68. The van der Waals surface area contributed by atoms with Crippen LogP contribution < -0.4 is 11.1 Å². The second-order valence-corrected chi connectivity index (χ2v) is 5.21. The summed E-state index contributed by atoms with van der Waals surface area (Å²) in [4.78, 5) is 11.1. The van der Waals surface area contributed by atoms with E-state index in [9.17, 15) is 9.18 Å². The summed E-state index contributed by atoms with van der Waals surface area (Å²) in [6.07, 6.45) is 4.26. The molecule has 5 heteroatoms. The molecule has 0 aliphatic carbocycles. The van der Waals surface area contributed by atoms with Crippen LogP contribution in [0.4, 0.5) is 10.1 Å². The number of hydrogen-bond acceptors (Lipinski definition) is 3. The molecule has 2 unspecified atom stereocenters. The number of halogens is 1. The summed E-state index contributed by atoms with van der Waals surface area (Å²) < 4.78 is 19.1. The first-order chi connectivity index (χ1) is 9.60. The number of amides is 1. The van der Waals surface area contributed by atoms with Gasteiger partial charge in [-0.2, -0.15) is 0 Å². The third-order valence-electron chi connectivity index (χ3n) is 3.58. The minimum Gasteiger partial charge on any atom is -0.382 e. The van der Waals surface area contributed by atoms with Gasteiger partial charge < -0.3 is 15.8 Å². The molecule has 0 aromatic heterocycles. The van der Waals surface area contributed by atoms with E-state index in [1.807, 2.05) is 0 Å². The lowest BCUT2D eigenvalue weighted by Crippen LogP contribution is -2.34. The van der Waals surface area contributed by atoms with Gasteiger partial charge in [0, 0.05) is 18.3 Å². The van der Waals surface area contributed by atoms with E-state index in [2.05, 4.69) is 12.2 Å². The van der Waals surface area contributed by atoms with E-state index in [0.717, 1.165) is 38.0 Å². The minimum absolute atomic E-state index is 0.0767. The number of primary amides is 1. The maximum atomic E-state index is 13.4.